The molecule has 0 saturated carbocycles. The van der Waals surface area contributed by atoms with Crippen LogP contribution in [0.5, 0.6) is 0 Å². The zero-order valence-electron chi connectivity index (χ0n) is 5.64. The van der Waals surface area contributed by atoms with Gasteiger partial charge in [0.25, 0.3) is 0 Å². The number of hydrogen-bond acceptors (Lipinski definition) is 3. The molecule has 4 heteroatoms. The van der Waals surface area contributed by atoms with Crippen LogP contribution in [0.3, 0.4) is 0 Å². The zero-order valence-corrected chi connectivity index (χ0v) is 7.05. The number of ketones is 1. The molecule has 0 amide bonds. The molecule has 0 rings (SSSR count). The van der Waals surface area contributed by atoms with Crippen LogP contribution in [0.25, 0.3) is 0 Å². The van der Waals surface area contributed by atoms with Crippen molar-refractivity contribution in [3.8, 4) is 0 Å². The van der Waals surface area contributed by atoms with Gasteiger partial charge in [-0.05, 0) is 6.92 Å². The maximum Gasteiger partial charge on any atom is 0.313 e. The van der Waals surface area contributed by atoms with Gasteiger partial charge in [0.1, 0.15) is 12.2 Å². The molecule has 0 bridgehead atoms. The fraction of sp³-hybridized carbons (Fsp3) is 0.600. The average molecular weight is 140 g/mol. The predicted octanol–water partition coefficient (Wildman–Crippen LogP) is -0.242. The van der Waals surface area contributed by atoms with Gasteiger partial charge < -0.3 is 4.74 Å². The number of carbonyl (C=O) groups excluding carboxylic acids is 2. The van der Waals surface area contributed by atoms with E-state index in [1.54, 1.807) is 0 Å². The van der Waals surface area contributed by atoms with Crippen molar-refractivity contribution in [2.45, 2.75) is 13.3 Å². The maximum absolute atomic E-state index is 10.2. The lowest BCUT2D eigenvalue weighted by Crippen LogP contribution is -2.05. The molecule has 0 fully saturated rings. The standard InChI is InChI=1S/C5H8O3.Mg/c1-4(6)3-5(7)8-2;/h3H2,1-2H3;. The summed E-state index contributed by atoms with van der Waals surface area (Å²) in [5, 5.41) is 0. The quantitative estimate of drug-likeness (QED) is 0.302. The second-order valence-electron chi connectivity index (χ2n) is 1.45. The Bertz CT molecular complexity index is 111. The van der Waals surface area contributed by atoms with Crippen molar-refractivity contribution in [3.63, 3.8) is 0 Å². The minimum Gasteiger partial charge on any atom is -0.469 e. The summed E-state index contributed by atoms with van der Waals surface area (Å²) < 4.78 is 4.20. The van der Waals surface area contributed by atoms with Crippen LogP contribution in [-0.4, -0.2) is 41.9 Å². The third-order valence-corrected chi connectivity index (χ3v) is 0.621. The SMILES string of the molecule is COC(=O)CC(C)=O.[Mg]. The van der Waals surface area contributed by atoms with Gasteiger partial charge in [-0.15, -0.1) is 0 Å². The zero-order chi connectivity index (χ0) is 6.57. The second-order valence-corrected chi connectivity index (χ2v) is 1.45. The number of hydrogen-bond donors (Lipinski definition) is 0. The molecule has 0 aliphatic rings. The minimum atomic E-state index is -0.475. The fourth-order valence-corrected chi connectivity index (χ4v) is 0.275. The Labute approximate surface area is 69.9 Å². The maximum atomic E-state index is 10.2. The van der Waals surface area contributed by atoms with Crippen molar-refractivity contribution in [1.82, 2.24) is 0 Å². The molecule has 0 heterocycles. The summed E-state index contributed by atoms with van der Waals surface area (Å²) in [5.41, 5.74) is 0. The van der Waals surface area contributed by atoms with E-state index in [-0.39, 0.29) is 35.3 Å². The van der Waals surface area contributed by atoms with Crippen LogP contribution in [0.15, 0.2) is 0 Å². The highest BCUT2D eigenvalue weighted by atomic mass is 24.3. The second kappa shape index (κ2) is 6.03. The van der Waals surface area contributed by atoms with Crippen LogP contribution in [0, 0.1) is 0 Å². The molecule has 0 unspecified atom stereocenters. The van der Waals surface area contributed by atoms with Crippen LogP contribution in [-0.2, 0) is 14.3 Å². The van der Waals surface area contributed by atoms with E-state index in [1.165, 1.54) is 14.0 Å². The summed E-state index contributed by atoms with van der Waals surface area (Å²) in [6.45, 7) is 1.34. The van der Waals surface area contributed by atoms with Crippen molar-refractivity contribution >= 4 is 34.8 Å². The minimum absolute atomic E-state index is 0. The van der Waals surface area contributed by atoms with Crippen LogP contribution in [0.2, 0.25) is 0 Å². The highest BCUT2D eigenvalue weighted by Gasteiger charge is 2.01. The predicted molar refractivity (Wildman–Crippen MR) is 33.1 cm³/mol. The van der Waals surface area contributed by atoms with E-state index in [0.717, 1.165) is 0 Å². The molecule has 0 aliphatic heterocycles. The molecular weight excluding hydrogens is 132 g/mol. The van der Waals surface area contributed by atoms with Gasteiger partial charge in [-0.1, -0.05) is 0 Å². The van der Waals surface area contributed by atoms with E-state index < -0.39 is 5.97 Å². The Hall–Kier alpha value is -0.0938. The number of esters is 1. The Morgan fingerprint density at radius 3 is 2.00 bits per heavy atom. The van der Waals surface area contributed by atoms with Crippen molar-refractivity contribution in [2.24, 2.45) is 0 Å². The molecule has 0 aromatic carbocycles. The van der Waals surface area contributed by atoms with Crippen molar-refractivity contribution < 1.29 is 14.3 Å². The largest absolute Gasteiger partial charge is 0.469 e. The first kappa shape index (κ1) is 11.7. The van der Waals surface area contributed by atoms with Crippen molar-refractivity contribution in [1.29, 1.82) is 0 Å². The average Bonchev–Trinajstić information content (AvgIpc) is 1.65. The summed E-state index contributed by atoms with van der Waals surface area (Å²) in [6, 6.07) is 0. The lowest BCUT2D eigenvalue weighted by atomic mass is 10.3. The van der Waals surface area contributed by atoms with Crippen LogP contribution in [0.4, 0.5) is 0 Å². The van der Waals surface area contributed by atoms with E-state index in [1.807, 2.05) is 0 Å². The van der Waals surface area contributed by atoms with Gasteiger partial charge in [-0.25, -0.2) is 0 Å². The first-order chi connectivity index (χ1) is 3.66. The van der Waals surface area contributed by atoms with Gasteiger partial charge in [-0.3, -0.25) is 9.59 Å². The number of ether oxygens (including phenoxy) is 1. The van der Waals surface area contributed by atoms with E-state index >= 15 is 0 Å². The molecule has 0 atom stereocenters. The van der Waals surface area contributed by atoms with Gasteiger partial charge in [0.2, 0.25) is 0 Å². The van der Waals surface area contributed by atoms with Gasteiger partial charge >= 0.3 is 5.97 Å². The molecule has 48 valence electrons. The molecule has 9 heavy (non-hydrogen) atoms. The van der Waals surface area contributed by atoms with Crippen molar-refractivity contribution in [2.75, 3.05) is 7.11 Å². The first-order valence-electron chi connectivity index (χ1n) is 2.23. The third kappa shape index (κ3) is 7.91. The van der Waals surface area contributed by atoms with Gasteiger partial charge in [-0.2, -0.15) is 0 Å². The molecule has 0 aromatic rings. The van der Waals surface area contributed by atoms with E-state index in [0.29, 0.717) is 0 Å². The van der Waals surface area contributed by atoms with Crippen LogP contribution < -0.4 is 0 Å². The van der Waals surface area contributed by atoms with Gasteiger partial charge in [0.05, 0.1) is 7.11 Å². The Kier molecular flexibility index (Phi) is 7.82. The van der Waals surface area contributed by atoms with E-state index in [2.05, 4.69) is 4.74 Å². The Morgan fingerprint density at radius 1 is 1.44 bits per heavy atom. The van der Waals surface area contributed by atoms with Gasteiger partial charge in [0, 0.05) is 23.1 Å². The van der Waals surface area contributed by atoms with Crippen molar-refractivity contribution in [3.05, 3.63) is 0 Å². The number of Topliss-reactive ketones (excluding diaryl/α,β-unsaturated/α-hetero) is 1. The molecule has 3 nitrogen and oxygen atoms in total. The lowest BCUT2D eigenvalue weighted by molar-refractivity contribution is -0.142. The van der Waals surface area contributed by atoms with Crippen LogP contribution >= 0.6 is 0 Å². The molecule has 0 N–H and O–H groups in total. The number of rotatable bonds is 2. The molecule has 0 aromatic heterocycles. The molecule has 0 saturated heterocycles. The summed E-state index contributed by atoms with van der Waals surface area (Å²) in [6.07, 6.45) is -0.115. The monoisotopic (exact) mass is 140 g/mol. The lowest BCUT2D eigenvalue weighted by Gasteiger charge is -1.90. The Balaban J connectivity index is 0. The number of carbonyl (C=O) groups is 2. The summed E-state index contributed by atoms with van der Waals surface area (Å²) in [4.78, 5) is 20.3. The van der Waals surface area contributed by atoms with Gasteiger partial charge in [0.15, 0.2) is 0 Å². The third-order valence-electron chi connectivity index (χ3n) is 0.621. The normalized spacial score (nSPS) is 7.33. The molecule has 0 spiro atoms. The first-order valence-corrected chi connectivity index (χ1v) is 2.23. The molecule has 0 aliphatic carbocycles. The summed E-state index contributed by atoms with van der Waals surface area (Å²) >= 11 is 0. The highest BCUT2D eigenvalue weighted by Crippen LogP contribution is 1.83. The van der Waals surface area contributed by atoms with E-state index in [9.17, 15) is 9.59 Å². The topological polar surface area (TPSA) is 43.4 Å². The highest BCUT2D eigenvalue weighted by molar-refractivity contribution is 5.93. The fourth-order valence-electron chi connectivity index (χ4n) is 0.275. The smallest absolute Gasteiger partial charge is 0.313 e. The van der Waals surface area contributed by atoms with Crippen LogP contribution in [0.1, 0.15) is 13.3 Å². The summed E-state index contributed by atoms with van der Waals surface area (Å²) in [5.74, 6) is -0.644. The molecular formula is C5H8MgO3. The van der Waals surface area contributed by atoms with E-state index in [4.69, 9.17) is 0 Å². The Morgan fingerprint density at radius 2 is 1.89 bits per heavy atom. The molecule has 2 radical (unpaired) electrons. The number of methoxy groups -OCH3 is 1. The summed E-state index contributed by atoms with van der Waals surface area (Å²) in [7, 11) is 1.26.